The Morgan fingerprint density at radius 3 is 2.35 bits per heavy atom. The molecule has 23 heavy (non-hydrogen) atoms. The normalized spacial score (nSPS) is 10.8. The van der Waals surface area contributed by atoms with Crippen LogP contribution in [0.4, 0.5) is 20.4 Å². The lowest BCUT2D eigenvalue weighted by Crippen LogP contribution is -2.14. The maximum absolute atomic E-state index is 13.4. The van der Waals surface area contributed by atoms with Crippen molar-refractivity contribution in [2.45, 2.75) is 6.92 Å². The van der Waals surface area contributed by atoms with Gasteiger partial charge >= 0.3 is 0 Å². The minimum absolute atomic E-state index is 0.250. The van der Waals surface area contributed by atoms with Gasteiger partial charge in [-0.05, 0) is 55.0 Å². The number of nitrogens with zero attached hydrogens (tertiary/aromatic N) is 4. The van der Waals surface area contributed by atoms with Gasteiger partial charge in [0.2, 0.25) is 5.95 Å². The highest BCUT2D eigenvalue weighted by Crippen LogP contribution is 2.26. The van der Waals surface area contributed by atoms with Crippen LogP contribution in [0.5, 0.6) is 0 Å². The van der Waals surface area contributed by atoms with E-state index in [-0.39, 0.29) is 11.6 Å². The Balaban J connectivity index is 1.98. The van der Waals surface area contributed by atoms with E-state index in [0.717, 1.165) is 11.3 Å². The molecule has 6 heteroatoms. The van der Waals surface area contributed by atoms with Crippen LogP contribution >= 0.6 is 0 Å². The van der Waals surface area contributed by atoms with E-state index in [0.29, 0.717) is 17.3 Å². The zero-order chi connectivity index (χ0) is 16.6. The third-order valence-electron chi connectivity index (χ3n) is 3.78. The number of rotatable bonds is 3. The summed E-state index contributed by atoms with van der Waals surface area (Å²) in [5.41, 5.74) is 2.14. The second-order valence-electron chi connectivity index (χ2n) is 5.38. The van der Waals surface area contributed by atoms with Crippen molar-refractivity contribution in [2.75, 3.05) is 11.9 Å². The monoisotopic (exact) mass is 314 g/mol. The molecule has 0 spiro atoms. The fourth-order valence-electron chi connectivity index (χ4n) is 2.43. The molecule has 3 rings (SSSR count). The highest BCUT2D eigenvalue weighted by Gasteiger charge is 2.16. The minimum Gasteiger partial charge on any atom is -0.314 e. The zero-order valence-electron chi connectivity index (χ0n) is 13.1. The van der Waals surface area contributed by atoms with E-state index in [9.17, 15) is 8.78 Å². The van der Waals surface area contributed by atoms with Crippen molar-refractivity contribution in [3.63, 3.8) is 0 Å². The van der Waals surface area contributed by atoms with Gasteiger partial charge in [0.05, 0.1) is 0 Å². The predicted octanol–water partition coefficient (Wildman–Crippen LogP) is 3.84. The molecule has 0 aliphatic rings. The van der Waals surface area contributed by atoms with Gasteiger partial charge < -0.3 is 4.90 Å². The Labute approximate surface area is 133 Å². The molecule has 0 bridgehead atoms. The van der Waals surface area contributed by atoms with E-state index in [1.165, 1.54) is 18.2 Å². The van der Waals surface area contributed by atoms with Crippen LogP contribution in [-0.4, -0.2) is 21.8 Å². The third-order valence-corrected chi connectivity index (χ3v) is 3.78. The van der Waals surface area contributed by atoms with Crippen LogP contribution in [0.2, 0.25) is 0 Å². The molecule has 3 aromatic rings. The van der Waals surface area contributed by atoms with Gasteiger partial charge in [0, 0.05) is 25.3 Å². The lowest BCUT2D eigenvalue weighted by molar-refractivity contribution is 0.618. The molecule has 0 atom stereocenters. The molecule has 0 saturated carbocycles. The highest BCUT2D eigenvalue weighted by molar-refractivity contribution is 5.62. The Morgan fingerprint density at radius 2 is 1.70 bits per heavy atom. The molecule has 0 unspecified atom stereocenters. The largest absolute Gasteiger partial charge is 0.314 e. The molecule has 0 aliphatic heterocycles. The van der Waals surface area contributed by atoms with Crippen molar-refractivity contribution in [2.24, 2.45) is 7.05 Å². The lowest BCUT2D eigenvalue weighted by atomic mass is 10.1. The Kier molecular flexibility index (Phi) is 3.82. The van der Waals surface area contributed by atoms with E-state index in [1.807, 2.05) is 23.6 Å². The number of aromatic nitrogens is 3. The van der Waals surface area contributed by atoms with Gasteiger partial charge in [-0.1, -0.05) is 0 Å². The quantitative estimate of drug-likeness (QED) is 0.736. The van der Waals surface area contributed by atoms with Crippen LogP contribution in [0.3, 0.4) is 0 Å². The molecular weight excluding hydrogens is 298 g/mol. The van der Waals surface area contributed by atoms with Crippen LogP contribution in [0, 0.1) is 18.6 Å². The van der Waals surface area contributed by atoms with E-state index in [1.54, 1.807) is 31.2 Å². The van der Waals surface area contributed by atoms with Gasteiger partial charge in [-0.2, -0.15) is 0 Å². The van der Waals surface area contributed by atoms with Gasteiger partial charge in [0.15, 0.2) is 5.82 Å². The van der Waals surface area contributed by atoms with Crippen LogP contribution in [-0.2, 0) is 7.05 Å². The standard InChI is InChI=1S/C17H16F2N4/c1-11-10-12(4-9-15(11)19)16-20-21-17(23(16)3)22(2)14-7-5-13(18)6-8-14/h4-10H,1-3H3. The highest BCUT2D eigenvalue weighted by atomic mass is 19.1. The summed E-state index contributed by atoms with van der Waals surface area (Å²) in [6.07, 6.45) is 0. The average molecular weight is 314 g/mol. The SMILES string of the molecule is Cc1cc(-c2nnc(N(C)c3ccc(F)cc3)n2C)ccc1F. The maximum atomic E-state index is 13.4. The van der Waals surface area contributed by atoms with E-state index in [2.05, 4.69) is 10.2 Å². The topological polar surface area (TPSA) is 34.0 Å². The van der Waals surface area contributed by atoms with Crippen molar-refractivity contribution in [3.05, 3.63) is 59.7 Å². The molecule has 0 N–H and O–H groups in total. The molecule has 1 aromatic heterocycles. The van der Waals surface area contributed by atoms with Crippen LogP contribution in [0.1, 0.15) is 5.56 Å². The van der Waals surface area contributed by atoms with Crippen molar-refractivity contribution in [3.8, 4) is 11.4 Å². The molecule has 0 amide bonds. The summed E-state index contributed by atoms with van der Waals surface area (Å²) >= 11 is 0. The van der Waals surface area contributed by atoms with Crippen molar-refractivity contribution in [1.82, 2.24) is 14.8 Å². The first-order valence-corrected chi connectivity index (χ1v) is 7.12. The van der Waals surface area contributed by atoms with E-state index in [4.69, 9.17) is 0 Å². The van der Waals surface area contributed by atoms with E-state index >= 15 is 0 Å². The first kappa shape index (κ1) is 15.1. The van der Waals surface area contributed by atoms with Gasteiger partial charge in [-0.15, -0.1) is 10.2 Å². The number of hydrogen-bond acceptors (Lipinski definition) is 3. The van der Waals surface area contributed by atoms with E-state index < -0.39 is 0 Å². The fraction of sp³-hybridized carbons (Fsp3) is 0.176. The molecule has 118 valence electrons. The second kappa shape index (κ2) is 5.79. The molecule has 0 saturated heterocycles. The summed E-state index contributed by atoms with van der Waals surface area (Å²) in [5.74, 6) is 0.702. The van der Waals surface area contributed by atoms with Crippen molar-refractivity contribution >= 4 is 11.6 Å². The summed E-state index contributed by atoms with van der Waals surface area (Å²) < 4.78 is 28.3. The van der Waals surface area contributed by atoms with Gasteiger partial charge in [0.25, 0.3) is 0 Å². The molecule has 0 fully saturated rings. The number of benzene rings is 2. The van der Waals surface area contributed by atoms with Crippen LogP contribution in [0.25, 0.3) is 11.4 Å². The van der Waals surface area contributed by atoms with Gasteiger partial charge in [0.1, 0.15) is 11.6 Å². The molecule has 4 nitrogen and oxygen atoms in total. The zero-order valence-corrected chi connectivity index (χ0v) is 13.1. The average Bonchev–Trinajstić information content (AvgIpc) is 2.92. The van der Waals surface area contributed by atoms with Gasteiger partial charge in [-0.25, -0.2) is 8.78 Å². The summed E-state index contributed by atoms with van der Waals surface area (Å²) in [5, 5.41) is 8.39. The summed E-state index contributed by atoms with van der Waals surface area (Å²) in [6, 6.07) is 11.0. The first-order valence-electron chi connectivity index (χ1n) is 7.12. The number of halogens is 2. The van der Waals surface area contributed by atoms with Crippen LogP contribution in [0.15, 0.2) is 42.5 Å². The van der Waals surface area contributed by atoms with Crippen molar-refractivity contribution < 1.29 is 8.78 Å². The van der Waals surface area contributed by atoms with Gasteiger partial charge in [-0.3, -0.25) is 4.57 Å². The molecule has 2 aromatic carbocycles. The maximum Gasteiger partial charge on any atom is 0.231 e. The Bertz CT molecular complexity index is 840. The molecule has 1 heterocycles. The summed E-state index contributed by atoms with van der Waals surface area (Å²) in [4.78, 5) is 1.81. The first-order chi connectivity index (χ1) is 11.0. The lowest BCUT2D eigenvalue weighted by Gasteiger charge is -2.18. The van der Waals surface area contributed by atoms with Crippen LogP contribution < -0.4 is 4.90 Å². The number of anilines is 2. The fourth-order valence-corrected chi connectivity index (χ4v) is 2.43. The third kappa shape index (κ3) is 2.79. The smallest absolute Gasteiger partial charge is 0.231 e. The number of hydrogen-bond donors (Lipinski definition) is 0. The molecule has 0 aliphatic carbocycles. The minimum atomic E-state index is -0.289. The second-order valence-corrected chi connectivity index (χ2v) is 5.38. The number of aryl methyl sites for hydroxylation is 1. The van der Waals surface area contributed by atoms with Crippen molar-refractivity contribution in [1.29, 1.82) is 0 Å². The molecule has 0 radical (unpaired) electrons. The summed E-state index contributed by atoms with van der Waals surface area (Å²) in [7, 11) is 3.67. The Morgan fingerprint density at radius 1 is 1.00 bits per heavy atom. The summed E-state index contributed by atoms with van der Waals surface area (Å²) in [6.45, 7) is 1.71. The predicted molar refractivity (Wildman–Crippen MR) is 85.6 cm³/mol. The Hall–Kier alpha value is -2.76. The molecular formula is C17H16F2N4.